The largest absolute Gasteiger partial charge is 0.507 e. The van der Waals surface area contributed by atoms with Crippen LogP contribution < -0.4 is 10.7 Å². The van der Waals surface area contributed by atoms with Crippen molar-refractivity contribution in [2.75, 3.05) is 12.4 Å². The lowest BCUT2D eigenvalue weighted by Crippen LogP contribution is -2.24. The third kappa shape index (κ3) is 3.63. The zero-order valence-electron chi connectivity index (χ0n) is 15.3. The first-order valence-corrected chi connectivity index (χ1v) is 8.26. The molecule has 29 heavy (non-hydrogen) atoms. The van der Waals surface area contributed by atoms with Crippen molar-refractivity contribution >= 4 is 34.2 Å². The Labute approximate surface area is 162 Å². The molecule has 0 atom stereocenters. The van der Waals surface area contributed by atoms with Crippen molar-refractivity contribution in [1.29, 1.82) is 0 Å². The highest BCUT2D eigenvalue weighted by Gasteiger charge is 2.20. The molecule has 0 radical (unpaired) electrons. The van der Waals surface area contributed by atoms with Gasteiger partial charge in [-0.05, 0) is 25.1 Å². The maximum Gasteiger partial charge on any atom is 0.341 e. The number of carbonyl (C=O) groups excluding carboxylic acids is 2. The number of ether oxygens (including phenoxy) is 1. The number of anilines is 1. The van der Waals surface area contributed by atoms with E-state index in [0.29, 0.717) is 5.52 Å². The van der Waals surface area contributed by atoms with E-state index in [-0.39, 0.29) is 33.6 Å². The molecule has 0 spiro atoms. The first kappa shape index (κ1) is 19.5. The quantitative estimate of drug-likeness (QED) is 0.347. The summed E-state index contributed by atoms with van der Waals surface area (Å²) in [5.74, 6) is -1.93. The van der Waals surface area contributed by atoms with Gasteiger partial charge >= 0.3 is 5.97 Å². The number of aromatic hydroxyl groups is 1. The Hall–Kier alpha value is -4.21. The molecule has 0 aliphatic carbocycles. The molecule has 0 fully saturated rings. The summed E-state index contributed by atoms with van der Waals surface area (Å²) in [4.78, 5) is 50.2. The Bertz CT molecular complexity index is 1230. The Kier molecular flexibility index (Phi) is 5.01. The van der Waals surface area contributed by atoms with E-state index in [1.54, 1.807) is 0 Å². The van der Waals surface area contributed by atoms with E-state index in [2.05, 4.69) is 15.0 Å². The highest BCUT2D eigenvalue weighted by atomic mass is 16.6. The van der Waals surface area contributed by atoms with Crippen LogP contribution in [0, 0.1) is 17.0 Å². The number of aryl methyl sites for hydroxylation is 1. The third-order valence-electron chi connectivity index (χ3n) is 4.27. The van der Waals surface area contributed by atoms with Crippen molar-refractivity contribution in [2.24, 2.45) is 0 Å². The Balaban J connectivity index is 2.01. The molecular weight excluding hydrogens is 382 g/mol. The minimum atomic E-state index is -0.776. The van der Waals surface area contributed by atoms with Crippen LogP contribution in [0.5, 0.6) is 5.75 Å². The SMILES string of the molecule is COC(=O)c1ccc(NC(=O)c2c(C)[nH]c3ccc([N+](=O)[O-])cc3c2=O)cc1O. The summed E-state index contributed by atoms with van der Waals surface area (Å²) in [7, 11) is 1.16. The van der Waals surface area contributed by atoms with Crippen LogP contribution in [0.25, 0.3) is 10.9 Å². The molecule has 1 aromatic heterocycles. The molecular formula is C19H15N3O7. The molecule has 148 valence electrons. The molecule has 0 bridgehead atoms. The fourth-order valence-corrected chi connectivity index (χ4v) is 2.87. The smallest absolute Gasteiger partial charge is 0.341 e. The van der Waals surface area contributed by atoms with Gasteiger partial charge < -0.3 is 20.1 Å². The van der Waals surface area contributed by atoms with Crippen LogP contribution in [-0.2, 0) is 4.74 Å². The molecule has 0 unspecified atom stereocenters. The molecule has 3 N–H and O–H groups in total. The maximum atomic E-state index is 12.8. The molecule has 10 heteroatoms. The molecule has 0 saturated carbocycles. The van der Waals surface area contributed by atoms with Crippen LogP contribution in [0.4, 0.5) is 11.4 Å². The molecule has 1 amide bonds. The standard InChI is InChI=1S/C19H15N3O7/c1-9-16(17(24)13-8-11(22(27)28)4-6-14(13)20-9)18(25)21-10-3-5-12(15(23)7-10)19(26)29-2/h3-8,23H,1-2H3,(H,20,24)(H,21,25). The minimum absolute atomic E-state index is 0.00108. The average molecular weight is 397 g/mol. The average Bonchev–Trinajstić information content (AvgIpc) is 2.67. The van der Waals surface area contributed by atoms with Gasteiger partial charge in [0.05, 0.1) is 17.4 Å². The molecule has 3 rings (SSSR count). The van der Waals surface area contributed by atoms with Crippen LogP contribution in [-0.4, -0.2) is 34.0 Å². The number of esters is 1. The number of hydrogen-bond donors (Lipinski definition) is 3. The van der Waals surface area contributed by atoms with E-state index < -0.39 is 28.0 Å². The number of phenols is 1. The van der Waals surface area contributed by atoms with E-state index in [1.807, 2.05) is 0 Å². The van der Waals surface area contributed by atoms with E-state index in [0.717, 1.165) is 19.2 Å². The molecule has 3 aromatic rings. The highest BCUT2D eigenvalue weighted by molar-refractivity contribution is 6.07. The maximum absolute atomic E-state index is 12.8. The van der Waals surface area contributed by atoms with Crippen molar-refractivity contribution in [3.8, 4) is 5.75 Å². The van der Waals surface area contributed by atoms with E-state index in [1.165, 1.54) is 31.2 Å². The number of benzene rings is 2. The lowest BCUT2D eigenvalue weighted by molar-refractivity contribution is -0.384. The second kappa shape index (κ2) is 7.43. The molecule has 0 saturated heterocycles. The number of phenolic OH excluding ortho intramolecular Hbond substituents is 1. The Morgan fingerprint density at radius 2 is 1.93 bits per heavy atom. The summed E-state index contributed by atoms with van der Waals surface area (Å²) in [6.45, 7) is 1.52. The second-order valence-electron chi connectivity index (χ2n) is 6.12. The summed E-state index contributed by atoms with van der Waals surface area (Å²) >= 11 is 0. The number of amides is 1. The van der Waals surface area contributed by atoms with Gasteiger partial charge in [0, 0.05) is 35.1 Å². The van der Waals surface area contributed by atoms with Crippen molar-refractivity contribution in [3.05, 3.63) is 73.6 Å². The van der Waals surface area contributed by atoms with Gasteiger partial charge in [0.15, 0.2) is 0 Å². The third-order valence-corrected chi connectivity index (χ3v) is 4.27. The van der Waals surface area contributed by atoms with Crippen LogP contribution in [0.15, 0.2) is 41.2 Å². The fraction of sp³-hybridized carbons (Fsp3) is 0.105. The van der Waals surface area contributed by atoms with Crippen LogP contribution in [0.2, 0.25) is 0 Å². The van der Waals surface area contributed by atoms with E-state index >= 15 is 0 Å². The van der Waals surface area contributed by atoms with Crippen molar-refractivity contribution < 1.29 is 24.4 Å². The number of H-pyrrole nitrogens is 1. The van der Waals surface area contributed by atoms with Gasteiger partial charge in [0.2, 0.25) is 5.43 Å². The number of aromatic amines is 1. The zero-order chi connectivity index (χ0) is 21.3. The summed E-state index contributed by atoms with van der Waals surface area (Å²) in [6, 6.07) is 7.51. The fourth-order valence-electron chi connectivity index (χ4n) is 2.87. The number of methoxy groups -OCH3 is 1. The summed E-state index contributed by atoms with van der Waals surface area (Å²) in [6.07, 6.45) is 0. The number of nitro benzene ring substituents is 1. The van der Waals surface area contributed by atoms with E-state index in [9.17, 15) is 29.6 Å². The number of rotatable bonds is 4. The van der Waals surface area contributed by atoms with Gasteiger partial charge in [0.1, 0.15) is 16.9 Å². The number of fused-ring (bicyclic) bond motifs is 1. The first-order valence-electron chi connectivity index (χ1n) is 8.26. The minimum Gasteiger partial charge on any atom is -0.507 e. The predicted octanol–water partition coefficient (Wildman–Crippen LogP) is 2.49. The van der Waals surface area contributed by atoms with Gasteiger partial charge in [-0.2, -0.15) is 0 Å². The number of non-ortho nitro benzene ring substituents is 1. The van der Waals surface area contributed by atoms with Gasteiger partial charge in [-0.25, -0.2) is 4.79 Å². The highest BCUT2D eigenvalue weighted by Crippen LogP contribution is 2.24. The molecule has 0 aliphatic rings. The number of pyridine rings is 1. The van der Waals surface area contributed by atoms with Gasteiger partial charge in [0.25, 0.3) is 11.6 Å². The van der Waals surface area contributed by atoms with Crippen LogP contribution in [0.1, 0.15) is 26.4 Å². The lowest BCUT2D eigenvalue weighted by atomic mass is 10.1. The second-order valence-corrected chi connectivity index (χ2v) is 6.12. The van der Waals surface area contributed by atoms with Crippen LogP contribution in [0.3, 0.4) is 0 Å². The van der Waals surface area contributed by atoms with E-state index in [4.69, 9.17) is 0 Å². The number of nitrogens with zero attached hydrogens (tertiary/aromatic N) is 1. The number of nitrogens with one attached hydrogen (secondary N) is 2. The van der Waals surface area contributed by atoms with Crippen molar-refractivity contribution in [3.63, 3.8) is 0 Å². The monoisotopic (exact) mass is 397 g/mol. The normalized spacial score (nSPS) is 10.6. The molecule has 2 aromatic carbocycles. The Morgan fingerprint density at radius 3 is 2.55 bits per heavy atom. The van der Waals surface area contributed by atoms with Gasteiger partial charge in [-0.15, -0.1) is 0 Å². The molecule has 0 aliphatic heterocycles. The molecule has 10 nitrogen and oxygen atoms in total. The predicted molar refractivity (Wildman–Crippen MR) is 103 cm³/mol. The topological polar surface area (TPSA) is 152 Å². The summed E-state index contributed by atoms with van der Waals surface area (Å²) in [5, 5.41) is 23.4. The van der Waals surface area contributed by atoms with Gasteiger partial charge in [-0.3, -0.25) is 19.7 Å². The number of carbonyl (C=O) groups is 2. The van der Waals surface area contributed by atoms with Crippen molar-refractivity contribution in [2.45, 2.75) is 6.92 Å². The van der Waals surface area contributed by atoms with Gasteiger partial charge in [-0.1, -0.05) is 0 Å². The number of nitro groups is 1. The summed E-state index contributed by atoms with van der Waals surface area (Å²) in [5.41, 5.74) is -0.501. The zero-order valence-corrected chi connectivity index (χ0v) is 15.3. The van der Waals surface area contributed by atoms with Crippen molar-refractivity contribution in [1.82, 2.24) is 4.98 Å². The molecule has 1 heterocycles. The lowest BCUT2D eigenvalue weighted by Gasteiger charge is -2.10. The summed E-state index contributed by atoms with van der Waals surface area (Å²) < 4.78 is 4.53. The Morgan fingerprint density at radius 1 is 1.21 bits per heavy atom. The number of hydrogen-bond acceptors (Lipinski definition) is 7. The first-order chi connectivity index (χ1) is 13.7. The number of aromatic nitrogens is 1. The van der Waals surface area contributed by atoms with Crippen LogP contribution >= 0.6 is 0 Å².